The smallest absolute Gasteiger partial charge is 0.261 e. The van der Waals surface area contributed by atoms with Gasteiger partial charge in [0.15, 0.2) is 0 Å². The summed E-state index contributed by atoms with van der Waals surface area (Å²) in [4.78, 5) is 13.6. The lowest BCUT2D eigenvalue weighted by molar-refractivity contribution is -0.129. The van der Waals surface area contributed by atoms with E-state index in [1.165, 1.54) is 6.92 Å². The van der Waals surface area contributed by atoms with Crippen molar-refractivity contribution in [3.05, 3.63) is 59.2 Å². The highest BCUT2D eigenvalue weighted by Gasteiger charge is 2.24. The van der Waals surface area contributed by atoms with E-state index >= 15 is 0 Å². The third-order valence-electron chi connectivity index (χ3n) is 4.93. The van der Waals surface area contributed by atoms with Gasteiger partial charge < -0.3 is 4.90 Å². The largest absolute Gasteiger partial charge is 0.338 e. The molecule has 0 atom stereocenters. The van der Waals surface area contributed by atoms with Crippen LogP contribution < -0.4 is 4.72 Å². The molecule has 6 heteroatoms. The van der Waals surface area contributed by atoms with E-state index in [1.807, 2.05) is 24.3 Å². The number of hydrogen-bond donors (Lipinski definition) is 1. The Balaban J connectivity index is 1.93. The van der Waals surface area contributed by atoms with Crippen LogP contribution in [0.1, 0.15) is 44.4 Å². The van der Waals surface area contributed by atoms with Crippen LogP contribution in [0.15, 0.2) is 47.4 Å². The van der Waals surface area contributed by atoms with E-state index in [4.69, 9.17) is 0 Å². The van der Waals surface area contributed by atoms with E-state index in [1.54, 1.807) is 23.1 Å². The maximum Gasteiger partial charge on any atom is 0.261 e. The number of sulfonamides is 1. The Bertz CT molecular complexity index is 975. The topological polar surface area (TPSA) is 66.5 Å². The van der Waals surface area contributed by atoms with Crippen LogP contribution in [0.2, 0.25) is 0 Å². The highest BCUT2D eigenvalue weighted by molar-refractivity contribution is 7.92. The summed E-state index contributed by atoms with van der Waals surface area (Å²) in [7, 11) is -3.72. The average Bonchev–Trinajstić information content (AvgIpc) is 2.60. The van der Waals surface area contributed by atoms with Crippen molar-refractivity contribution in [3.8, 4) is 0 Å². The minimum Gasteiger partial charge on any atom is -0.338 e. The average molecular weight is 387 g/mol. The highest BCUT2D eigenvalue weighted by atomic mass is 32.2. The Morgan fingerprint density at radius 3 is 2.44 bits per heavy atom. The molecule has 1 aliphatic heterocycles. The van der Waals surface area contributed by atoms with Gasteiger partial charge >= 0.3 is 0 Å². The summed E-state index contributed by atoms with van der Waals surface area (Å²) in [6, 6.07) is 12.6. The molecular formula is C21H26N2O3S. The summed E-state index contributed by atoms with van der Waals surface area (Å²) < 4.78 is 28.7. The Morgan fingerprint density at radius 1 is 1.07 bits per heavy atom. The summed E-state index contributed by atoms with van der Waals surface area (Å²) in [6.07, 6.45) is 0.746. The predicted molar refractivity (Wildman–Crippen MR) is 107 cm³/mol. The van der Waals surface area contributed by atoms with Gasteiger partial charge in [-0.05, 0) is 46.7 Å². The third kappa shape index (κ3) is 4.16. The summed E-state index contributed by atoms with van der Waals surface area (Å²) >= 11 is 0. The number of carbonyl (C=O) groups excluding carboxylic acids is 1. The Labute approximate surface area is 161 Å². The molecule has 0 saturated carbocycles. The molecule has 144 valence electrons. The maximum absolute atomic E-state index is 13.0. The molecule has 2 aromatic carbocycles. The zero-order valence-electron chi connectivity index (χ0n) is 16.2. The molecule has 1 heterocycles. The van der Waals surface area contributed by atoms with Gasteiger partial charge in [0, 0.05) is 20.0 Å². The van der Waals surface area contributed by atoms with Crippen LogP contribution >= 0.6 is 0 Å². The van der Waals surface area contributed by atoms with Crippen molar-refractivity contribution in [3.63, 3.8) is 0 Å². The van der Waals surface area contributed by atoms with Gasteiger partial charge in [0.1, 0.15) is 0 Å². The summed E-state index contributed by atoms with van der Waals surface area (Å²) in [6.45, 7) is 8.81. The van der Waals surface area contributed by atoms with Gasteiger partial charge in [-0.15, -0.1) is 0 Å². The molecule has 0 spiro atoms. The van der Waals surface area contributed by atoms with Crippen LogP contribution in [0.5, 0.6) is 0 Å². The molecule has 0 radical (unpaired) electrons. The van der Waals surface area contributed by atoms with Gasteiger partial charge in [-0.2, -0.15) is 0 Å². The highest BCUT2D eigenvalue weighted by Crippen LogP contribution is 2.31. The molecule has 0 saturated heterocycles. The zero-order valence-corrected chi connectivity index (χ0v) is 17.1. The zero-order chi connectivity index (χ0) is 19.8. The first kappa shape index (κ1) is 19.4. The van der Waals surface area contributed by atoms with Crippen molar-refractivity contribution in [2.45, 2.75) is 51.0 Å². The number of benzene rings is 2. The van der Waals surface area contributed by atoms with E-state index in [2.05, 4.69) is 25.5 Å². The van der Waals surface area contributed by atoms with Crippen molar-refractivity contribution in [2.75, 3.05) is 11.3 Å². The second kappa shape index (κ2) is 7.00. The fourth-order valence-electron chi connectivity index (χ4n) is 3.40. The monoisotopic (exact) mass is 386 g/mol. The molecule has 27 heavy (non-hydrogen) atoms. The maximum atomic E-state index is 13.0. The number of nitrogens with one attached hydrogen (secondary N) is 1. The van der Waals surface area contributed by atoms with E-state index in [9.17, 15) is 13.2 Å². The number of carbonyl (C=O) groups is 1. The van der Waals surface area contributed by atoms with Gasteiger partial charge in [-0.3, -0.25) is 9.52 Å². The number of fused-ring (bicyclic) bond motifs is 1. The first-order valence-corrected chi connectivity index (χ1v) is 10.6. The van der Waals surface area contributed by atoms with E-state index in [0.717, 1.165) is 23.1 Å². The fourth-order valence-corrected chi connectivity index (χ4v) is 4.53. The molecule has 0 aromatic heterocycles. The van der Waals surface area contributed by atoms with Gasteiger partial charge in [0.2, 0.25) is 5.91 Å². The van der Waals surface area contributed by atoms with Gasteiger partial charge in [-0.1, -0.05) is 45.0 Å². The molecular weight excluding hydrogens is 360 g/mol. The molecule has 1 N–H and O–H groups in total. The Hall–Kier alpha value is -2.34. The van der Waals surface area contributed by atoms with Crippen molar-refractivity contribution in [2.24, 2.45) is 0 Å². The van der Waals surface area contributed by atoms with Gasteiger partial charge in [0.25, 0.3) is 10.0 Å². The molecule has 0 bridgehead atoms. The minimum absolute atomic E-state index is 0.00568. The number of hydrogen-bond acceptors (Lipinski definition) is 3. The van der Waals surface area contributed by atoms with Crippen LogP contribution in [0.3, 0.4) is 0 Å². The van der Waals surface area contributed by atoms with Crippen molar-refractivity contribution in [1.82, 2.24) is 4.90 Å². The fraction of sp³-hybridized carbons (Fsp3) is 0.381. The second-order valence-electron chi connectivity index (χ2n) is 8.02. The predicted octanol–water partition coefficient (Wildman–Crippen LogP) is 3.69. The third-order valence-corrected chi connectivity index (χ3v) is 6.29. The number of nitrogens with zero attached hydrogens (tertiary/aromatic N) is 1. The SMILES string of the molecule is CC(=O)N1CCc2ccc(S(=O)(=O)Nc3ccccc3C(C)(C)C)cc2C1. The van der Waals surface area contributed by atoms with Gasteiger partial charge in [0.05, 0.1) is 10.6 Å². The quantitative estimate of drug-likeness (QED) is 0.875. The van der Waals surface area contributed by atoms with E-state index in [-0.39, 0.29) is 16.2 Å². The molecule has 0 unspecified atom stereocenters. The van der Waals surface area contributed by atoms with Crippen molar-refractivity contribution < 1.29 is 13.2 Å². The summed E-state index contributed by atoms with van der Waals surface area (Å²) in [5.41, 5.74) is 3.34. The molecule has 1 aliphatic rings. The molecule has 5 nitrogen and oxygen atoms in total. The number of para-hydroxylation sites is 1. The summed E-state index contributed by atoms with van der Waals surface area (Å²) in [5, 5.41) is 0. The molecule has 0 aliphatic carbocycles. The first-order chi connectivity index (χ1) is 12.6. The normalized spacial score (nSPS) is 14.6. The van der Waals surface area contributed by atoms with Crippen LogP contribution in [0.4, 0.5) is 5.69 Å². The lowest BCUT2D eigenvalue weighted by atomic mass is 9.86. The second-order valence-corrected chi connectivity index (χ2v) is 9.70. The van der Waals surface area contributed by atoms with Crippen LogP contribution in [-0.4, -0.2) is 25.8 Å². The van der Waals surface area contributed by atoms with Crippen LogP contribution in [-0.2, 0) is 33.2 Å². The molecule has 2 aromatic rings. The number of anilines is 1. The van der Waals surface area contributed by atoms with E-state index in [0.29, 0.717) is 18.8 Å². The van der Waals surface area contributed by atoms with Crippen LogP contribution in [0.25, 0.3) is 0 Å². The lowest BCUT2D eigenvalue weighted by Gasteiger charge is -2.28. The Morgan fingerprint density at radius 2 is 1.78 bits per heavy atom. The molecule has 0 fully saturated rings. The van der Waals surface area contributed by atoms with Crippen LogP contribution in [0, 0.1) is 0 Å². The number of amides is 1. The lowest BCUT2D eigenvalue weighted by Crippen LogP contribution is -2.34. The van der Waals surface area contributed by atoms with Gasteiger partial charge in [-0.25, -0.2) is 8.42 Å². The van der Waals surface area contributed by atoms with E-state index < -0.39 is 10.0 Å². The first-order valence-electron chi connectivity index (χ1n) is 9.07. The standard InChI is InChI=1S/C21H26N2O3S/c1-15(24)23-12-11-16-9-10-18(13-17(16)14-23)27(25,26)22-20-8-6-5-7-19(20)21(2,3)4/h5-10,13,22H,11-12,14H2,1-4H3. The Kier molecular flexibility index (Phi) is 5.04. The molecule has 1 amide bonds. The summed E-state index contributed by atoms with van der Waals surface area (Å²) in [5.74, 6) is 0.00568. The number of rotatable bonds is 3. The van der Waals surface area contributed by atoms with Crippen molar-refractivity contribution >= 4 is 21.6 Å². The minimum atomic E-state index is -3.72. The van der Waals surface area contributed by atoms with Crippen molar-refractivity contribution in [1.29, 1.82) is 0 Å². The molecule has 3 rings (SSSR count).